The van der Waals surface area contributed by atoms with E-state index in [0.717, 1.165) is 10.6 Å². The summed E-state index contributed by atoms with van der Waals surface area (Å²) in [6.07, 6.45) is 0.122. The Morgan fingerprint density at radius 2 is 2.29 bits per heavy atom. The molecule has 1 heterocycles. The van der Waals surface area contributed by atoms with Crippen molar-refractivity contribution in [2.45, 2.75) is 33.3 Å². The van der Waals surface area contributed by atoms with E-state index < -0.39 is 0 Å². The summed E-state index contributed by atoms with van der Waals surface area (Å²) in [6.45, 7) is 5.53. The van der Waals surface area contributed by atoms with Gasteiger partial charge in [0.15, 0.2) is 5.13 Å². The van der Waals surface area contributed by atoms with Crippen molar-refractivity contribution in [3.63, 3.8) is 0 Å². The summed E-state index contributed by atoms with van der Waals surface area (Å²) in [4.78, 5) is 16.3. The van der Waals surface area contributed by atoms with Crippen molar-refractivity contribution in [3.8, 4) is 0 Å². The first-order valence-electron chi connectivity index (χ1n) is 4.40. The number of thiazole rings is 1. The number of carbonyl (C=O) groups is 1. The van der Waals surface area contributed by atoms with E-state index in [0.29, 0.717) is 5.13 Å². The normalized spacial score (nSPS) is 10.6. The minimum atomic E-state index is -0.256. The summed E-state index contributed by atoms with van der Waals surface area (Å²) >= 11 is 1.39. The molecule has 1 aromatic heterocycles. The third-order valence-corrected chi connectivity index (χ3v) is 2.43. The van der Waals surface area contributed by atoms with Crippen LogP contribution >= 0.6 is 11.3 Å². The lowest BCUT2D eigenvalue weighted by molar-refractivity contribution is -0.146. The van der Waals surface area contributed by atoms with Gasteiger partial charge in [0.1, 0.15) is 0 Å². The van der Waals surface area contributed by atoms with E-state index in [-0.39, 0.29) is 18.5 Å². The molecule has 0 saturated carbocycles. The number of aryl methyl sites for hydroxylation is 1. The van der Waals surface area contributed by atoms with Crippen LogP contribution < -0.4 is 5.73 Å². The Labute approximate surface area is 87.1 Å². The van der Waals surface area contributed by atoms with Gasteiger partial charge in [0, 0.05) is 4.88 Å². The molecule has 0 bridgehead atoms. The Kier molecular flexibility index (Phi) is 3.46. The SMILES string of the molecule is Cc1sc(N)nc1CC(=O)OC(C)C. The van der Waals surface area contributed by atoms with Gasteiger partial charge in [0.2, 0.25) is 0 Å². The highest BCUT2D eigenvalue weighted by Crippen LogP contribution is 2.19. The van der Waals surface area contributed by atoms with Gasteiger partial charge in [0.05, 0.1) is 18.2 Å². The molecule has 0 aliphatic carbocycles. The minimum absolute atomic E-state index is 0.0845. The Bertz CT molecular complexity index is 334. The molecule has 4 nitrogen and oxygen atoms in total. The predicted octanol–water partition coefficient (Wildman–Crippen LogP) is 1.53. The second-order valence-electron chi connectivity index (χ2n) is 3.27. The highest BCUT2D eigenvalue weighted by atomic mass is 32.1. The first kappa shape index (κ1) is 11.0. The number of ether oxygens (including phenoxy) is 1. The third kappa shape index (κ3) is 2.99. The van der Waals surface area contributed by atoms with Crippen LogP contribution in [-0.2, 0) is 16.0 Å². The number of rotatable bonds is 3. The molecular formula is C9H14N2O2S. The van der Waals surface area contributed by atoms with Crippen molar-refractivity contribution in [2.24, 2.45) is 0 Å². The summed E-state index contributed by atoms with van der Waals surface area (Å²) in [6, 6.07) is 0. The molecule has 0 aliphatic rings. The Morgan fingerprint density at radius 3 is 2.71 bits per heavy atom. The van der Waals surface area contributed by atoms with Crippen LogP contribution in [0.4, 0.5) is 5.13 Å². The van der Waals surface area contributed by atoms with Gasteiger partial charge in [-0.1, -0.05) is 0 Å². The molecular weight excluding hydrogens is 200 g/mol. The molecule has 1 aromatic rings. The van der Waals surface area contributed by atoms with E-state index in [9.17, 15) is 4.79 Å². The lowest BCUT2D eigenvalue weighted by atomic mass is 10.3. The molecule has 14 heavy (non-hydrogen) atoms. The van der Waals surface area contributed by atoms with Crippen molar-refractivity contribution in [2.75, 3.05) is 5.73 Å². The quantitative estimate of drug-likeness (QED) is 0.775. The molecule has 0 radical (unpaired) electrons. The van der Waals surface area contributed by atoms with Gasteiger partial charge in [0.25, 0.3) is 0 Å². The lowest BCUT2D eigenvalue weighted by Crippen LogP contribution is -2.14. The van der Waals surface area contributed by atoms with Crippen LogP contribution in [0.25, 0.3) is 0 Å². The van der Waals surface area contributed by atoms with Crippen molar-refractivity contribution in [1.82, 2.24) is 4.98 Å². The Balaban J connectivity index is 2.60. The summed E-state index contributed by atoms with van der Waals surface area (Å²) in [7, 11) is 0. The van der Waals surface area contributed by atoms with Crippen LogP contribution in [0.2, 0.25) is 0 Å². The number of hydrogen-bond acceptors (Lipinski definition) is 5. The third-order valence-electron chi connectivity index (χ3n) is 1.59. The van der Waals surface area contributed by atoms with Crippen molar-refractivity contribution >= 4 is 22.4 Å². The van der Waals surface area contributed by atoms with E-state index in [1.165, 1.54) is 11.3 Å². The van der Waals surface area contributed by atoms with Crippen LogP contribution in [0.15, 0.2) is 0 Å². The maximum Gasteiger partial charge on any atom is 0.312 e. The van der Waals surface area contributed by atoms with Gasteiger partial charge in [-0.2, -0.15) is 0 Å². The first-order chi connectivity index (χ1) is 6.49. The lowest BCUT2D eigenvalue weighted by Gasteiger charge is -2.06. The van der Waals surface area contributed by atoms with E-state index in [1.54, 1.807) is 0 Å². The molecule has 0 atom stereocenters. The molecule has 0 amide bonds. The second-order valence-corrected chi connectivity index (χ2v) is 4.51. The standard InChI is InChI=1S/C9H14N2O2S/c1-5(2)13-8(12)4-7-6(3)14-9(10)11-7/h5H,4H2,1-3H3,(H2,10,11). The number of nitrogens with two attached hydrogens (primary N) is 1. The number of nitrogens with zero attached hydrogens (tertiary/aromatic N) is 1. The zero-order chi connectivity index (χ0) is 10.7. The molecule has 5 heteroatoms. The van der Waals surface area contributed by atoms with Crippen molar-refractivity contribution < 1.29 is 9.53 Å². The molecule has 2 N–H and O–H groups in total. The fourth-order valence-corrected chi connectivity index (χ4v) is 1.76. The van der Waals surface area contributed by atoms with Crippen LogP contribution in [0.5, 0.6) is 0 Å². The summed E-state index contributed by atoms with van der Waals surface area (Å²) < 4.78 is 5.00. The van der Waals surface area contributed by atoms with E-state index >= 15 is 0 Å². The summed E-state index contributed by atoms with van der Waals surface area (Å²) in [5.41, 5.74) is 6.23. The maximum atomic E-state index is 11.3. The smallest absolute Gasteiger partial charge is 0.312 e. The topological polar surface area (TPSA) is 65.2 Å². The van der Waals surface area contributed by atoms with Crippen LogP contribution in [-0.4, -0.2) is 17.1 Å². The molecule has 0 aromatic carbocycles. The van der Waals surface area contributed by atoms with E-state index in [1.807, 2.05) is 20.8 Å². The van der Waals surface area contributed by atoms with Crippen LogP contribution in [0.1, 0.15) is 24.4 Å². The zero-order valence-corrected chi connectivity index (χ0v) is 9.35. The van der Waals surface area contributed by atoms with Crippen molar-refractivity contribution in [1.29, 1.82) is 0 Å². The highest BCUT2D eigenvalue weighted by molar-refractivity contribution is 7.15. The highest BCUT2D eigenvalue weighted by Gasteiger charge is 2.12. The van der Waals surface area contributed by atoms with Crippen molar-refractivity contribution in [3.05, 3.63) is 10.6 Å². The summed E-state index contributed by atoms with van der Waals surface area (Å²) in [5, 5.41) is 0.495. The molecule has 1 rings (SSSR count). The summed E-state index contributed by atoms with van der Waals surface area (Å²) in [5.74, 6) is -0.256. The zero-order valence-electron chi connectivity index (χ0n) is 8.53. The van der Waals surface area contributed by atoms with Gasteiger partial charge in [-0.05, 0) is 20.8 Å². The average molecular weight is 214 g/mol. The molecule has 0 fully saturated rings. The molecule has 0 unspecified atom stereocenters. The number of esters is 1. The monoisotopic (exact) mass is 214 g/mol. The molecule has 0 spiro atoms. The average Bonchev–Trinajstić information content (AvgIpc) is 2.28. The fraction of sp³-hybridized carbons (Fsp3) is 0.556. The minimum Gasteiger partial charge on any atom is -0.463 e. The second kappa shape index (κ2) is 4.41. The van der Waals surface area contributed by atoms with E-state index in [4.69, 9.17) is 10.5 Å². The molecule has 0 saturated heterocycles. The Hall–Kier alpha value is -1.10. The number of nitrogen functional groups attached to an aromatic ring is 1. The van der Waals surface area contributed by atoms with E-state index in [2.05, 4.69) is 4.98 Å². The van der Waals surface area contributed by atoms with Crippen LogP contribution in [0.3, 0.4) is 0 Å². The fourth-order valence-electron chi connectivity index (χ4n) is 1.06. The van der Waals surface area contributed by atoms with Gasteiger partial charge < -0.3 is 10.5 Å². The first-order valence-corrected chi connectivity index (χ1v) is 5.22. The van der Waals surface area contributed by atoms with Gasteiger partial charge in [-0.3, -0.25) is 4.79 Å². The molecule has 78 valence electrons. The number of aromatic nitrogens is 1. The number of anilines is 1. The van der Waals surface area contributed by atoms with Gasteiger partial charge in [-0.15, -0.1) is 11.3 Å². The molecule has 0 aliphatic heterocycles. The van der Waals surface area contributed by atoms with Gasteiger partial charge in [-0.25, -0.2) is 4.98 Å². The Morgan fingerprint density at radius 1 is 1.64 bits per heavy atom. The number of carbonyl (C=O) groups excluding carboxylic acids is 1. The van der Waals surface area contributed by atoms with Gasteiger partial charge >= 0.3 is 5.97 Å². The number of hydrogen-bond donors (Lipinski definition) is 1. The van der Waals surface area contributed by atoms with Crippen LogP contribution in [0, 0.1) is 6.92 Å². The largest absolute Gasteiger partial charge is 0.463 e. The maximum absolute atomic E-state index is 11.3. The predicted molar refractivity (Wildman–Crippen MR) is 56.2 cm³/mol.